The van der Waals surface area contributed by atoms with Gasteiger partial charge in [0.25, 0.3) is 5.91 Å². The third kappa shape index (κ3) is 5.03. The summed E-state index contributed by atoms with van der Waals surface area (Å²) in [5, 5.41) is 0. The maximum atomic E-state index is 12.0. The van der Waals surface area contributed by atoms with Crippen LogP contribution in [0.25, 0.3) is 22.9 Å². The molecule has 3 aromatic rings. The Labute approximate surface area is 176 Å². The van der Waals surface area contributed by atoms with Crippen LogP contribution in [0.5, 0.6) is 0 Å². The van der Waals surface area contributed by atoms with E-state index in [1.807, 2.05) is 16.8 Å². The number of rotatable bonds is 6. The molecule has 0 spiro atoms. The van der Waals surface area contributed by atoms with Crippen molar-refractivity contribution < 1.29 is 14.4 Å². The van der Waals surface area contributed by atoms with Crippen LogP contribution in [0.2, 0.25) is 0 Å². The molecule has 2 aromatic carbocycles. The standard InChI is InChI=1S/C24H25N3O3/c1-18-16-19(6-12-23(28)26-30-24-4-2-3-15-29-24)5-11-22(18)20-7-9-21(10-8-20)27-14-13-25-17-27/h5-14,16-17,24H,2-4,15H2,1H3,(H,26,28)/b12-6+. The summed E-state index contributed by atoms with van der Waals surface area (Å²) in [6.45, 7) is 2.74. The Morgan fingerprint density at radius 3 is 2.80 bits per heavy atom. The van der Waals surface area contributed by atoms with Gasteiger partial charge in [0.2, 0.25) is 0 Å². The van der Waals surface area contributed by atoms with Crippen molar-refractivity contribution in [1.82, 2.24) is 15.0 Å². The van der Waals surface area contributed by atoms with E-state index in [-0.39, 0.29) is 12.2 Å². The highest BCUT2D eigenvalue weighted by Crippen LogP contribution is 2.26. The van der Waals surface area contributed by atoms with Crippen LogP contribution in [-0.2, 0) is 14.4 Å². The lowest BCUT2D eigenvalue weighted by atomic mass is 9.98. The number of hydrogen-bond donors (Lipinski definition) is 1. The smallest absolute Gasteiger partial charge is 0.267 e. The SMILES string of the molecule is Cc1cc(/C=C/C(=O)NOC2CCCCO2)ccc1-c1ccc(-n2ccnc2)cc1. The van der Waals surface area contributed by atoms with Crippen molar-refractivity contribution in [3.8, 4) is 16.8 Å². The van der Waals surface area contributed by atoms with Gasteiger partial charge in [0.1, 0.15) is 0 Å². The number of nitrogens with zero attached hydrogens (tertiary/aromatic N) is 2. The van der Waals surface area contributed by atoms with Crippen LogP contribution in [0, 0.1) is 6.92 Å². The molecule has 1 N–H and O–H groups in total. The van der Waals surface area contributed by atoms with Crippen LogP contribution in [0.3, 0.4) is 0 Å². The summed E-state index contributed by atoms with van der Waals surface area (Å²) in [5.74, 6) is -0.305. The Kier molecular flexibility index (Phi) is 6.37. The minimum atomic E-state index is -0.349. The van der Waals surface area contributed by atoms with Crippen molar-refractivity contribution in [1.29, 1.82) is 0 Å². The van der Waals surface area contributed by atoms with E-state index < -0.39 is 0 Å². The average Bonchev–Trinajstić information content (AvgIpc) is 3.32. The fraction of sp³-hybridized carbons (Fsp3) is 0.250. The molecule has 0 bridgehead atoms. The summed E-state index contributed by atoms with van der Waals surface area (Å²) < 4.78 is 7.40. The molecular weight excluding hydrogens is 378 g/mol. The number of amides is 1. The van der Waals surface area contributed by atoms with Crippen LogP contribution < -0.4 is 5.48 Å². The summed E-state index contributed by atoms with van der Waals surface area (Å²) in [5.41, 5.74) is 7.90. The van der Waals surface area contributed by atoms with Gasteiger partial charge in [-0.3, -0.25) is 4.79 Å². The number of hydrogen-bond acceptors (Lipinski definition) is 4. The third-order valence-electron chi connectivity index (χ3n) is 5.09. The monoisotopic (exact) mass is 403 g/mol. The zero-order valence-corrected chi connectivity index (χ0v) is 17.0. The molecule has 0 radical (unpaired) electrons. The first-order valence-corrected chi connectivity index (χ1v) is 10.1. The number of imidazole rings is 1. The molecule has 2 heterocycles. The van der Waals surface area contributed by atoms with Gasteiger partial charge in [-0.1, -0.05) is 30.3 Å². The van der Waals surface area contributed by atoms with E-state index in [4.69, 9.17) is 9.57 Å². The van der Waals surface area contributed by atoms with Crippen LogP contribution in [0.15, 0.2) is 67.3 Å². The number of benzene rings is 2. The minimum Gasteiger partial charge on any atom is -0.350 e. The second-order valence-corrected chi connectivity index (χ2v) is 7.30. The first-order chi connectivity index (χ1) is 14.7. The number of ether oxygens (including phenoxy) is 1. The van der Waals surface area contributed by atoms with Crippen LogP contribution in [0.1, 0.15) is 30.4 Å². The molecule has 1 amide bonds. The van der Waals surface area contributed by atoms with Crippen LogP contribution >= 0.6 is 0 Å². The molecule has 6 heteroatoms. The van der Waals surface area contributed by atoms with Crippen LogP contribution in [-0.4, -0.2) is 28.4 Å². The zero-order chi connectivity index (χ0) is 20.8. The van der Waals surface area contributed by atoms with Gasteiger partial charge in [-0.2, -0.15) is 0 Å². The van der Waals surface area contributed by atoms with E-state index in [0.717, 1.165) is 47.2 Å². The first kappa shape index (κ1) is 20.1. The van der Waals surface area contributed by atoms with Gasteiger partial charge in [-0.05, 0) is 60.2 Å². The highest BCUT2D eigenvalue weighted by Gasteiger charge is 2.14. The second-order valence-electron chi connectivity index (χ2n) is 7.30. The summed E-state index contributed by atoms with van der Waals surface area (Å²) in [6.07, 6.45) is 11.3. The van der Waals surface area contributed by atoms with Crippen molar-refractivity contribution in [2.75, 3.05) is 6.61 Å². The van der Waals surface area contributed by atoms with Gasteiger partial charge in [-0.15, -0.1) is 0 Å². The van der Waals surface area contributed by atoms with E-state index in [1.54, 1.807) is 18.6 Å². The highest BCUT2D eigenvalue weighted by atomic mass is 16.8. The fourth-order valence-corrected chi connectivity index (χ4v) is 3.47. The van der Waals surface area contributed by atoms with Gasteiger partial charge in [-0.25, -0.2) is 15.3 Å². The van der Waals surface area contributed by atoms with Gasteiger partial charge in [0.05, 0.1) is 6.33 Å². The molecule has 1 saturated heterocycles. The molecule has 30 heavy (non-hydrogen) atoms. The normalized spacial score (nSPS) is 16.6. The highest BCUT2D eigenvalue weighted by molar-refractivity contribution is 5.91. The molecule has 0 aliphatic carbocycles. The Balaban J connectivity index is 1.37. The van der Waals surface area contributed by atoms with Crippen molar-refractivity contribution in [2.24, 2.45) is 0 Å². The van der Waals surface area contributed by atoms with Gasteiger partial charge in [0.15, 0.2) is 6.29 Å². The van der Waals surface area contributed by atoms with Gasteiger partial charge >= 0.3 is 0 Å². The lowest BCUT2D eigenvalue weighted by molar-refractivity contribution is -0.198. The number of carbonyl (C=O) groups is 1. The van der Waals surface area contributed by atoms with E-state index in [0.29, 0.717) is 6.61 Å². The molecule has 6 nitrogen and oxygen atoms in total. The molecule has 1 fully saturated rings. The van der Waals surface area contributed by atoms with Crippen LogP contribution in [0.4, 0.5) is 0 Å². The molecule has 1 aliphatic heterocycles. The van der Waals surface area contributed by atoms with E-state index in [1.165, 1.54) is 6.08 Å². The number of nitrogens with one attached hydrogen (secondary N) is 1. The summed E-state index contributed by atoms with van der Waals surface area (Å²) >= 11 is 0. The largest absolute Gasteiger partial charge is 0.350 e. The van der Waals surface area contributed by atoms with Crippen molar-refractivity contribution in [3.05, 3.63) is 78.4 Å². The number of carbonyl (C=O) groups excluding carboxylic acids is 1. The van der Waals surface area contributed by atoms with E-state index in [9.17, 15) is 4.79 Å². The van der Waals surface area contributed by atoms with E-state index >= 15 is 0 Å². The number of aromatic nitrogens is 2. The average molecular weight is 403 g/mol. The summed E-state index contributed by atoms with van der Waals surface area (Å²) in [6, 6.07) is 14.5. The first-order valence-electron chi connectivity index (χ1n) is 10.1. The molecule has 1 atom stereocenters. The van der Waals surface area contributed by atoms with Crippen molar-refractivity contribution in [2.45, 2.75) is 32.5 Å². The van der Waals surface area contributed by atoms with Crippen molar-refractivity contribution in [3.63, 3.8) is 0 Å². The fourth-order valence-electron chi connectivity index (χ4n) is 3.47. The molecule has 1 aliphatic rings. The van der Waals surface area contributed by atoms with Gasteiger partial charge in [0, 0.05) is 37.2 Å². The Morgan fingerprint density at radius 2 is 2.10 bits per heavy atom. The predicted octanol–water partition coefficient (Wildman–Crippen LogP) is 4.44. The molecule has 154 valence electrons. The summed E-state index contributed by atoms with van der Waals surface area (Å²) in [7, 11) is 0. The molecule has 1 unspecified atom stereocenters. The Morgan fingerprint density at radius 1 is 1.23 bits per heavy atom. The molecule has 1 aromatic heterocycles. The lowest BCUT2D eigenvalue weighted by Gasteiger charge is -2.21. The lowest BCUT2D eigenvalue weighted by Crippen LogP contribution is -2.32. The zero-order valence-electron chi connectivity index (χ0n) is 17.0. The maximum absolute atomic E-state index is 12.0. The van der Waals surface area contributed by atoms with Gasteiger partial charge < -0.3 is 9.30 Å². The third-order valence-corrected chi connectivity index (χ3v) is 5.09. The predicted molar refractivity (Wildman–Crippen MR) is 116 cm³/mol. The van der Waals surface area contributed by atoms with E-state index in [2.05, 4.69) is 53.8 Å². The molecule has 0 saturated carbocycles. The number of aryl methyl sites for hydroxylation is 1. The minimum absolute atomic E-state index is 0.305. The number of hydroxylamine groups is 1. The second kappa shape index (κ2) is 9.52. The topological polar surface area (TPSA) is 65.4 Å². The Hall–Kier alpha value is -3.22. The Bertz CT molecular complexity index is 1000. The molecular formula is C24H25N3O3. The van der Waals surface area contributed by atoms with Crippen molar-refractivity contribution >= 4 is 12.0 Å². The quantitative estimate of drug-likeness (QED) is 0.488. The molecule has 4 rings (SSSR count). The maximum Gasteiger partial charge on any atom is 0.267 e. The summed E-state index contributed by atoms with van der Waals surface area (Å²) in [4.78, 5) is 21.4.